The minimum absolute atomic E-state index is 0. The van der Waals surface area contributed by atoms with Crippen molar-refractivity contribution in [3.05, 3.63) is 0 Å². The van der Waals surface area contributed by atoms with Gasteiger partial charge in [0.15, 0.2) is 0 Å². The maximum atomic E-state index is 12.8. The second-order valence-electron chi connectivity index (χ2n) is 11.7. The van der Waals surface area contributed by atoms with Crippen LogP contribution in [0.3, 0.4) is 0 Å². The van der Waals surface area contributed by atoms with Crippen molar-refractivity contribution in [2.45, 2.75) is 83.8 Å². The molecule has 8 atom stereocenters. The van der Waals surface area contributed by atoms with Gasteiger partial charge in [-0.2, -0.15) is 0 Å². The second kappa shape index (κ2) is 9.12. The van der Waals surface area contributed by atoms with E-state index in [1.807, 2.05) is 0 Å². The van der Waals surface area contributed by atoms with Crippen LogP contribution >= 0.6 is 12.4 Å². The number of fused-ring (bicyclic) bond motifs is 5. The third-order valence-electron chi connectivity index (χ3n) is 10.4. The number of hydrogen-bond acceptors (Lipinski definition) is 4. The molecule has 5 unspecified atom stereocenters. The highest BCUT2D eigenvalue weighted by molar-refractivity contribution is 5.85. The summed E-state index contributed by atoms with van der Waals surface area (Å²) in [5, 5.41) is 13.7. The minimum atomic E-state index is -0.0639. The van der Waals surface area contributed by atoms with Crippen molar-refractivity contribution < 1.29 is 14.6 Å². The molecule has 0 aromatic heterocycles. The van der Waals surface area contributed by atoms with E-state index in [0.717, 1.165) is 69.2 Å². The summed E-state index contributed by atoms with van der Waals surface area (Å²) in [6.07, 6.45) is 10.8. The number of nitrogens with one attached hydrogen (secondary N) is 1. The van der Waals surface area contributed by atoms with Gasteiger partial charge in [-0.3, -0.25) is 9.69 Å². The predicted molar refractivity (Wildman–Crippen MR) is 124 cm³/mol. The smallest absolute Gasteiger partial charge is 0.234 e. The summed E-state index contributed by atoms with van der Waals surface area (Å²) in [4.78, 5) is 15.0. The van der Waals surface area contributed by atoms with Gasteiger partial charge >= 0.3 is 0 Å². The summed E-state index contributed by atoms with van der Waals surface area (Å²) in [5.74, 6) is 3.33. The summed E-state index contributed by atoms with van der Waals surface area (Å²) >= 11 is 0. The third-order valence-corrected chi connectivity index (χ3v) is 10.4. The zero-order valence-corrected chi connectivity index (χ0v) is 20.3. The lowest BCUT2D eigenvalue weighted by Crippen LogP contribution is -2.56. The van der Waals surface area contributed by atoms with E-state index in [0.29, 0.717) is 18.0 Å². The first-order chi connectivity index (χ1) is 14.4. The van der Waals surface area contributed by atoms with Crippen LogP contribution < -0.4 is 5.32 Å². The summed E-state index contributed by atoms with van der Waals surface area (Å²) in [7, 11) is 0. The first-order valence-electron chi connectivity index (χ1n) is 12.7. The molecule has 5 fully saturated rings. The van der Waals surface area contributed by atoms with Crippen LogP contribution in [0.2, 0.25) is 0 Å². The molecular weight excluding hydrogens is 412 g/mol. The number of ether oxygens (including phenoxy) is 1. The average Bonchev–Trinajstić information content (AvgIpc) is 3.05. The Bertz CT molecular complexity index is 657. The number of halogens is 1. The van der Waals surface area contributed by atoms with Crippen LogP contribution in [0.15, 0.2) is 0 Å². The molecule has 0 bridgehead atoms. The molecular formula is C25H43ClN2O3. The Balaban J connectivity index is 0.00000231. The van der Waals surface area contributed by atoms with Gasteiger partial charge in [0.1, 0.15) is 0 Å². The maximum absolute atomic E-state index is 12.8. The zero-order valence-electron chi connectivity index (χ0n) is 19.5. The van der Waals surface area contributed by atoms with Gasteiger partial charge in [-0.25, -0.2) is 0 Å². The lowest BCUT2D eigenvalue weighted by atomic mass is 9.45. The Morgan fingerprint density at radius 2 is 1.71 bits per heavy atom. The van der Waals surface area contributed by atoms with E-state index in [9.17, 15) is 9.90 Å². The predicted octanol–water partition coefficient (Wildman–Crippen LogP) is 3.63. The molecule has 5 aliphatic rings. The van der Waals surface area contributed by atoms with Gasteiger partial charge in [-0.15, -0.1) is 12.4 Å². The molecule has 4 aliphatic carbocycles. The van der Waals surface area contributed by atoms with E-state index in [1.165, 1.54) is 38.5 Å². The zero-order chi connectivity index (χ0) is 20.9. The van der Waals surface area contributed by atoms with E-state index in [-0.39, 0.29) is 29.8 Å². The van der Waals surface area contributed by atoms with Crippen molar-refractivity contribution in [3.8, 4) is 0 Å². The number of amides is 1. The van der Waals surface area contributed by atoms with E-state index in [2.05, 4.69) is 24.1 Å². The van der Waals surface area contributed by atoms with E-state index in [1.54, 1.807) is 0 Å². The number of hydrogen-bond donors (Lipinski definition) is 2. The topological polar surface area (TPSA) is 61.8 Å². The largest absolute Gasteiger partial charge is 0.393 e. The lowest BCUT2D eigenvalue weighted by molar-refractivity contribution is -0.131. The highest BCUT2D eigenvalue weighted by Gasteiger charge is 2.60. The molecule has 2 N–H and O–H groups in total. The quantitative estimate of drug-likeness (QED) is 0.683. The Morgan fingerprint density at radius 1 is 1.00 bits per heavy atom. The second-order valence-corrected chi connectivity index (χ2v) is 11.7. The molecule has 0 aromatic carbocycles. The van der Waals surface area contributed by atoms with Gasteiger partial charge in [0.05, 0.1) is 25.9 Å². The van der Waals surface area contributed by atoms with Crippen LogP contribution in [0.4, 0.5) is 0 Å². The summed E-state index contributed by atoms with van der Waals surface area (Å²) in [5.41, 5.74) is 0.695. The summed E-state index contributed by atoms with van der Waals surface area (Å²) < 4.78 is 5.42. The van der Waals surface area contributed by atoms with E-state index < -0.39 is 0 Å². The van der Waals surface area contributed by atoms with Gasteiger partial charge in [0.25, 0.3) is 0 Å². The van der Waals surface area contributed by atoms with Crippen LogP contribution in [0, 0.1) is 34.5 Å². The fraction of sp³-hybridized carbons (Fsp3) is 0.960. The molecule has 5 nitrogen and oxygen atoms in total. The van der Waals surface area contributed by atoms with Crippen molar-refractivity contribution in [2.75, 3.05) is 32.8 Å². The van der Waals surface area contributed by atoms with Crippen molar-refractivity contribution >= 4 is 18.3 Å². The van der Waals surface area contributed by atoms with Crippen molar-refractivity contribution in [1.29, 1.82) is 0 Å². The molecule has 6 heteroatoms. The Morgan fingerprint density at radius 3 is 2.48 bits per heavy atom. The lowest BCUT2D eigenvalue weighted by Gasteiger charge is -2.61. The first kappa shape index (κ1) is 23.8. The Kier molecular flexibility index (Phi) is 7.00. The first-order valence-corrected chi connectivity index (χ1v) is 12.7. The standard InChI is InChI=1S/C25H42N2O3.ClH/c1-24-9-7-18(28)15-17(24)3-4-19-20-5-6-22(25(20,2)10-8-21(19)24)26-23(29)16-27-11-13-30-14-12-27;/h17-22,28H,3-16H2,1-2H3,(H,26,29);1H/t17-,18?,19?,20?,21?,22?,24-,25-;/m0./s1. The van der Waals surface area contributed by atoms with Gasteiger partial charge < -0.3 is 15.2 Å². The number of nitrogens with zero attached hydrogens (tertiary/aromatic N) is 1. The summed E-state index contributed by atoms with van der Waals surface area (Å²) in [6, 6.07) is 0.343. The minimum Gasteiger partial charge on any atom is -0.393 e. The molecule has 0 spiro atoms. The molecule has 1 heterocycles. The molecule has 5 rings (SSSR count). The van der Waals surface area contributed by atoms with Crippen LogP contribution in [-0.2, 0) is 9.53 Å². The molecule has 178 valence electrons. The van der Waals surface area contributed by atoms with Crippen molar-refractivity contribution in [1.82, 2.24) is 10.2 Å². The monoisotopic (exact) mass is 454 g/mol. The number of morpholine rings is 1. The number of rotatable bonds is 3. The van der Waals surface area contributed by atoms with Crippen LogP contribution in [0.25, 0.3) is 0 Å². The normalized spacial score (nSPS) is 47.5. The molecule has 1 aliphatic heterocycles. The fourth-order valence-corrected chi connectivity index (χ4v) is 8.67. The van der Waals surface area contributed by atoms with E-state index >= 15 is 0 Å². The number of aliphatic hydroxyl groups is 1. The highest BCUT2D eigenvalue weighted by Crippen LogP contribution is 2.66. The van der Waals surface area contributed by atoms with Gasteiger partial charge in [-0.1, -0.05) is 13.8 Å². The number of aliphatic hydroxyl groups excluding tert-OH is 1. The van der Waals surface area contributed by atoms with Crippen LogP contribution in [0.5, 0.6) is 0 Å². The molecule has 0 aromatic rings. The molecule has 1 amide bonds. The Hall–Kier alpha value is -0.360. The summed E-state index contributed by atoms with van der Waals surface area (Å²) in [6.45, 7) is 8.80. The van der Waals surface area contributed by atoms with Gasteiger partial charge in [0, 0.05) is 19.1 Å². The number of carbonyl (C=O) groups is 1. The fourth-order valence-electron chi connectivity index (χ4n) is 8.67. The molecule has 0 radical (unpaired) electrons. The van der Waals surface area contributed by atoms with Gasteiger partial charge in [-0.05, 0) is 92.3 Å². The maximum Gasteiger partial charge on any atom is 0.234 e. The number of carbonyl (C=O) groups excluding carboxylic acids is 1. The third kappa shape index (κ3) is 4.18. The van der Waals surface area contributed by atoms with Crippen molar-refractivity contribution in [3.63, 3.8) is 0 Å². The molecule has 1 saturated heterocycles. The average molecular weight is 455 g/mol. The van der Waals surface area contributed by atoms with Gasteiger partial charge in [0.2, 0.25) is 5.91 Å². The van der Waals surface area contributed by atoms with Crippen LogP contribution in [0.1, 0.15) is 71.6 Å². The van der Waals surface area contributed by atoms with Crippen LogP contribution in [-0.4, -0.2) is 60.9 Å². The van der Waals surface area contributed by atoms with Crippen molar-refractivity contribution in [2.24, 2.45) is 34.5 Å². The SMILES string of the molecule is C[C@]12CCC3C(CC[C@H]4CC(O)CC[C@]34C)C1CCC2NC(=O)CN1CCOCC1.Cl. The molecule has 31 heavy (non-hydrogen) atoms. The molecule has 4 saturated carbocycles. The Labute approximate surface area is 194 Å². The van der Waals surface area contributed by atoms with E-state index in [4.69, 9.17) is 4.74 Å². The highest BCUT2D eigenvalue weighted by atomic mass is 35.5.